The van der Waals surface area contributed by atoms with Crippen molar-refractivity contribution in [2.24, 2.45) is 0 Å². The van der Waals surface area contributed by atoms with E-state index in [1.807, 2.05) is 13.8 Å². The number of sulfonamides is 1. The molecular formula is C31H37Cl2N3O5S. The third kappa shape index (κ3) is 8.18. The maximum Gasteiger partial charge on any atom is 0.264 e. The van der Waals surface area contributed by atoms with E-state index < -0.39 is 28.5 Å². The predicted molar refractivity (Wildman–Crippen MR) is 168 cm³/mol. The molecule has 2 amide bonds. The lowest BCUT2D eigenvalue weighted by Gasteiger charge is -2.34. The molecule has 0 radical (unpaired) electrons. The first-order valence-electron chi connectivity index (χ1n) is 13.9. The van der Waals surface area contributed by atoms with Crippen LogP contribution in [0.4, 0.5) is 5.69 Å². The average Bonchev–Trinajstić information content (AvgIpc) is 2.98. The zero-order valence-electron chi connectivity index (χ0n) is 24.2. The van der Waals surface area contributed by atoms with Crippen LogP contribution in [-0.4, -0.2) is 50.4 Å². The highest BCUT2D eigenvalue weighted by Gasteiger charge is 2.35. The van der Waals surface area contributed by atoms with Gasteiger partial charge < -0.3 is 15.0 Å². The van der Waals surface area contributed by atoms with Crippen molar-refractivity contribution in [3.8, 4) is 5.75 Å². The number of benzene rings is 3. The van der Waals surface area contributed by atoms with E-state index in [0.29, 0.717) is 40.8 Å². The molecule has 0 unspecified atom stereocenters. The second-order valence-electron chi connectivity index (χ2n) is 9.74. The average molecular weight is 635 g/mol. The number of nitrogens with zero attached hydrogens (tertiary/aromatic N) is 2. The van der Waals surface area contributed by atoms with Gasteiger partial charge in [0.15, 0.2) is 0 Å². The zero-order valence-corrected chi connectivity index (χ0v) is 26.5. The number of hydrogen-bond donors (Lipinski definition) is 1. The third-order valence-corrected chi connectivity index (χ3v) is 9.28. The number of amides is 2. The van der Waals surface area contributed by atoms with Gasteiger partial charge in [-0.3, -0.25) is 13.9 Å². The number of hydrogen-bond acceptors (Lipinski definition) is 5. The Morgan fingerprint density at radius 3 is 2.19 bits per heavy atom. The van der Waals surface area contributed by atoms with E-state index >= 15 is 0 Å². The Bertz CT molecular complexity index is 1470. The smallest absolute Gasteiger partial charge is 0.264 e. The predicted octanol–water partition coefficient (Wildman–Crippen LogP) is 6.31. The molecule has 1 N–H and O–H groups in total. The van der Waals surface area contributed by atoms with Crippen molar-refractivity contribution in [3.05, 3.63) is 88.4 Å². The lowest BCUT2D eigenvalue weighted by atomic mass is 10.1. The van der Waals surface area contributed by atoms with Gasteiger partial charge in [-0.15, -0.1) is 0 Å². The first-order valence-corrected chi connectivity index (χ1v) is 16.1. The van der Waals surface area contributed by atoms with Gasteiger partial charge in [0.05, 0.1) is 27.2 Å². The monoisotopic (exact) mass is 633 g/mol. The molecule has 0 aromatic heterocycles. The largest absolute Gasteiger partial charge is 0.492 e. The summed E-state index contributed by atoms with van der Waals surface area (Å²) in [7, 11) is -4.22. The first kappa shape index (κ1) is 33.2. The fraction of sp³-hybridized carbons (Fsp3) is 0.355. The number of carbonyl (C=O) groups is 2. The van der Waals surface area contributed by atoms with E-state index in [9.17, 15) is 18.0 Å². The molecule has 0 heterocycles. The van der Waals surface area contributed by atoms with Crippen LogP contribution in [0.2, 0.25) is 10.0 Å². The topological polar surface area (TPSA) is 96.0 Å². The van der Waals surface area contributed by atoms with Crippen molar-refractivity contribution in [1.82, 2.24) is 10.2 Å². The summed E-state index contributed by atoms with van der Waals surface area (Å²) in [6.45, 7) is 7.16. The highest BCUT2D eigenvalue weighted by molar-refractivity contribution is 7.92. The fourth-order valence-electron chi connectivity index (χ4n) is 4.37. The van der Waals surface area contributed by atoms with Gasteiger partial charge in [-0.1, -0.05) is 73.4 Å². The summed E-state index contributed by atoms with van der Waals surface area (Å²) in [5.74, 6) is -0.588. The highest BCUT2D eigenvalue weighted by Crippen LogP contribution is 2.33. The summed E-state index contributed by atoms with van der Waals surface area (Å²) in [4.78, 5) is 29.1. The number of rotatable bonds is 14. The van der Waals surface area contributed by atoms with Gasteiger partial charge in [-0.05, 0) is 68.7 Å². The van der Waals surface area contributed by atoms with E-state index in [4.69, 9.17) is 27.9 Å². The summed E-state index contributed by atoms with van der Waals surface area (Å²) in [5, 5.41) is 3.61. The van der Waals surface area contributed by atoms with Crippen LogP contribution in [0.15, 0.2) is 77.7 Å². The summed E-state index contributed by atoms with van der Waals surface area (Å²) < 4.78 is 34.9. The van der Waals surface area contributed by atoms with Crippen LogP contribution in [0.1, 0.15) is 46.1 Å². The highest BCUT2D eigenvalue weighted by atomic mass is 35.5. The van der Waals surface area contributed by atoms with Gasteiger partial charge in [-0.2, -0.15) is 0 Å². The molecule has 3 rings (SSSR count). The van der Waals surface area contributed by atoms with Crippen LogP contribution < -0.4 is 14.4 Å². The summed E-state index contributed by atoms with van der Waals surface area (Å²) in [5.41, 5.74) is 0.850. The SMILES string of the molecule is CCOc1ccccc1N(CC(=O)N(Cc1ccc(Cl)c(Cl)c1)[C@@H](CC)C(=O)N[C@@H](C)CC)S(=O)(=O)c1ccccc1. The molecule has 0 saturated carbocycles. The number of ether oxygens (including phenoxy) is 1. The summed E-state index contributed by atoms with van der Waals surface area (Å²) in [6, 6.07) is 18.5. The molecule has 8 nitrogen and oxygen atoms in total. The minimum atomic E-state index is -4.22. The number of para-hydroxylation sites is 2. The molecule has 42 heavy (non-hydrogen) atoms. The van der Waals surface area contributed by atoms with Crippen LogP contribution in [0, 0.1) is 0 Å². The number of carbonyl (C=O) groups excluding carboxylic acids is 2. The number of anilines is 1. The minimum Gasteiger partial charge on any atom is -0.492 e. The van der Waals surface area contributed by atoms with Crippen molar-refractivity contribution in [1.29, 1.82) is 0 Å². The van der Waals surface area contributed by atoms with Gasteiger partial charge >= 0.3 is 0 Å². The van der Waals surface area contributed by atoms with Crippen molar-refractivity contribution in [3.63, 3.8) is 0 Å². The van der Waals surface area contributed by atoms with Crippen molar-refractivity contribution < 1.29 is 22.7 Å². The molecule has 11 heteroatoms. The van der Waals surface area contributed by atoms with Crippen molar-refractivity contribution in [2.75, 3.05) is 17.5 Å². The van der Waals surface area contributed by atoms with Crippen LogP contribution in [0.25, 0.3) is 0 Å². The number of nitrogens with one attached hydrogen (secondary N) is 1. The Morgan fingerprint density at radius 1 is 0.905 bits per heavy atom. The van der Waals surface area contributed by atoms with E-state index in [2.05, 4.69) is 5.32 Å². The van der Waals surface area contributed by atoms with E-state index in [-0.39, 0.29) is 29.1 Å². The normalized spacial score (nSPS) is 12.7. The molecule has 2 atom stereocenters. The van der Waals surface area contributed by atoms with Gasteiger partial charge in [-0.25, -0.2) is 8.42 Å². The van der Waals surface area contributed by atoms with Crippen LogP contribution in [0.3, 0.4) is 0 Å². The molecule has 0 bridgehead atoms. The minimum absolute atomic E-state index is 0.00842. The van der Waals surface area contributed by atoms with Crippen LogP contribution in [-0.2, 0) is 26.2 Å². The maximum absolute atomic E-state index is 14.2. The van der Waals surface area contributed by atoms with E-state index in [0.717, 1.165) is 4.31 Å². The summed E-state index contributed by atoms with van der Waals surface area (Å²) in [6.07, 6.45) is 1.01. The Labute approximate surface area is 258 Å². The second-order valence-corrected chi connectivity index (χ2v) is 12.4. The Hall–Kier alpha value is -3.27. The fourth-order valence-corrected chi connectivity index (χ4v) is 6.14. The van der Waals surface area contributed by atoms with Gasteiger partial charge in [0.1, 0.15) is 18.3 Å². The molecule has 226 valence electrons. The molecule has 0 saturated heterocycles. The van der Waals surface area contributed by atoms with Gasteiger partial charge in [0.2, 0.25) is 11.8 Å². The molecule has 0 aliphatic rings. The first-order chi connectivity index (χ1) is 20.0. The Balaban J connectivity index is 2.11. The molecule has 0 spiro atoms. The van der Waals surface area contributed by atoms with Gasteiger partial charge in [0, 0.05) is 12.6 Å². The van der Waals surface area contributed by atoms with E-state index in [1.165, 1.54) is 17.0 Å². The standard InChI is InChI=1S/C31H37Cl2N3O5S/c1-5-22(4)34-31(38)27(6-2)35(20-23-17-18-25(32)26(33)19-23)30(37)21-36(28-15-11-12-16-29(28)41-7-3)42(39,40)24-13-9-8-10-14-24/h8-19,22,27H,5-7,20-21H2,1-4H3,(H,34,38)/t22-,27-/m0/s1. The Kier molecular flexibility index (Phi) is 12.1. The lowest BCUT2D eigenvalue weighted by molar-refractivity contribution is -0.140. The van der Waals surface area contributed by atoms with Crippen molar-refractivity contribution in [2.45, 2.75) is 64.1 Å². The third-order valence-electron chi connectivity index (χ3n) is 6.77. The quantitative estimate of drug-likeness (QED) is 0.224. The van der Waals surface area contributed by atoms with Crippen molar-refractivity contribution >= 4 is 50.7 Å². The second kappa shape index (κ2) is 15.3. The maximum atomic E-state index is 14.2. The molecule has 3 aromatic rings. The molecule has 0 fully saturated rings. The Morgan fingerprint density at radius 2 is 1.57 bits per heavy atom. The molecular weight excluding hydrogens is 597 g/mol. The molecule has 0 aliphatic carbocycles. The molecule has 3 aromatic carbocycles. The van der Waals surface area contributed by atoms with Gasteiger partial charge in [0.25, 0.3) is 10.0 Å². The van der Waals surface area contributed by atoms with E-state index in [1.54, 1.807) is 74.5 Å². The molecule has 0 aliphatic heterocycles. The zero-order chi connectivity index (χ0) is 30.9. The summed E-state index contributed by atoms with van der Waals surface area (Å²) >= 11 is 12.4. The number of halogens is 2. The van der Waals surface area contributed by atoms with Crippen LogP contribution in [0.5, 0.6) is 5.75 Å². The van der Waals surface area contributed by atoms with Crippen LogP contribution >= 0.6 is 23.2 Å². The lowest BCUT2D eigenvalue weighted by Crippen LogP contribution is -2.53.